The average Bonchev–Trinajstić information content (AvgIpc) is 3.18. The summed E-state index contributed by atoms with van der Waals surface area (Å²) in [6.45, 7) is 2.00. The molecule has 0 saturated heterocycles. The maximum Gasteiger partial charge on any atom is 0.255 e. The first kappa shape index (κ1) is 20.6. The van der Waals surface area contributed by atoms with E-state index < -0.39 is 5.91 Å². The molecule has 0 unspecified atom stereocenters. The molecule has 3 aromatic rings. The number of anilines is 1. The van der Waals surface area contributed by atoms with Crippen LogP contribution in [-0.2, 0) is 4.79 Å². The number of nitrogens with one attached hydrogen (secondary N) is 1. The van der Waals surface area contributed by atoms with E-state index in [1.54, 1.807) is 18.3 Å². The summed E-state index contributed by atoms with van der Waals surface area (Å²) < 4.78 is 10.9. The van der Waals surface area contributed by atoms with Gasteiger partial charge in [-0.15, -0.1) is 11.3 Å². The second-order valence-corrected chi connectivity index (χ2v) is 7.05. The monoisotopic (exact) mass is 430 g/mol. The molecule has 9 heteroatoms. The molecule has 0 bridgehead atoms. The summed E-state index contributed by atoms with van der Waals surface area (Å²) >= 11 is 7.75. The van der Waals surface area contributed by atoms with Crippen LogP contribution in [0.4, 0.5) is 5.13 Å². The van der Waals surface area contributed by atoms with E-state index in [4.69, 9.17) is 26.8 Å². The Hall–Kier alpha value is -3.10. The van der Waals surface area contributed by atoms with E-state index >= 15 is 0 Å². The van der Waals surface area contributed by atoms with Crippen molar-refractivity contribution in [3.8, 4) is 22.8 Å². The smallest absolute Gasteiger partial charge is 0.255 e. The second-order valence-electron chi connectivity index (χ2n) is 5.78. The van der Waals surface area contributed by atoms with Crippen molar-refractivity contribution < 1.29 is 14.3 Å². The molecular formula is C20H19ClN4O3S. The minimum Gasteiger partial charge on any atom is -0.490 e. The number of hydrogen-bond donors (Lipinski definition) is 2. The zero-order valence-corrected chi connectivity index (χ0v) is 17.2. The Labute approximate surface area is 177 Å². The Balaban J connectivity index is 1.72. The lowest BCUT2D eigenvalue weighted by Crippen LogP contribution is -2.20. The first-order chi connectivity index (χ1) is 14.1. The fourth-order valence-corrected chi connectivity index (χ4v) is 3.27. The Morgan fingerprint density at radius 1 is 1.28 bits per heavy atom. The molecule has 0 aliphatic heterocycles. The highest BCUT2D eigenvalue weighted by atomic mass is 35.5. The van der Waals surface area contributed by atoms with Crippen molar-refractivity contribution in [1.29, 1.82) is 0 Å². The molecule has 1 amide bonds. The number of amides is 1. The molecule has 0 aliphatic carbocycles. The number of halogens is 1. The van der Waals surface area contributed by atoms with Gasteiger partial charge in [0.2, 0.25) is 5.13 Å². The zero-order chi connectivity index (χ0) is 20.6. The standard InChI is InChI=1S/C20H19ClN4O3S/c1-2-27-17-8-14(15(21)9-18(17)28-11-19(22)26)10-23-25-20-24-16(12-29-20)13-6-4-3-5-7-13/h3-10,12H,2,11H2,1H3,(H2,22,26)(H,24,25). The van der Waals surface area contributed by atoms with E-state index in [1.165, 1.54) is 11.3 Å². The van der Waals surface area contributed by atoms with Crippen molar-refractivity contribution in [2.24, 2.45) is 10.8 Å². The number of benzene rings is 2. The number of hydrogen-bond acceptors (Lipinski definition) is 7. The van der Waals surface area contributed by atoms with Crippen molar-refractivity contribution in [2.75, 3.05) is 18.6 Å². The molecule has 0 fully saturated rings. The minimum atomic E-state index is -0.586. The maximum absolute atomic E-state index is 11.0. The summed E-state index contributed by atoms with van der Waals surface area (Å²) in [4.78, 5) is 15.5. The number of aromatic nitrogens is 1. The molecule has 0 aliphatic rings. The zero-order valence-electron chi connectivity index (χ0n) is 15.6. The van der Waals surface area contributed by atoms with Crippen molar-refractivity contribution in [1.82, 2.24) is 4.98 Å². The number of nitrogens with two attached hydrogens (primary N) is 1. The molecule has 3 N–H and O–H groups in total. The normalized spacial score (nSPS) is 10.8. The van der Waals surface area contributed by atoms with Crippen LogP contribution in [0.15, 0.2) is 52.9 Å². The van der Waals surface area contributed by atoms with Crippen LogP contribution < -0.4 is 20.6 Å². The quantitative estimate of drug-likeness (QED) is 0.392. The van der Waals surface area contributed by atoms with E-state index in [2.05, 4.69) is 15.5 Å². The number of carbonyl (C=O) groups excluding carboxylic acids is 1. The Morgan fingerprint density at radius 2 is 2.03 bits per heavy atom. The number of hydrazone groups is 1. The van der Waals surface area contributed by atoms with Gasteiger partial charge in [-0.25, -0.2) is 4.98 Å². The van der Waals surface area contributed by atoms with Crippen LogP contribution in [0.2, 0.25) is 5.02 Å². The third kappa shape index (κ3) is 5.69. The van der Waals surface area contributed by atoms with Crippen LogP contribution in [0, 0.1) is 0 Å². The number of rotatable bonds is 9. The van der Waals surface area contributed by atoms with Gasteiger partial charge in [-0.1, -0.05) is 41.9 Å². The van der Waals surface area contributed by atoms with Gasteiger partial charge in [0.05, 0.1) is 23.5 Å². The van der Waals surface area contributed by atoms with E-state index in [-0.39, 0.29) is 6.61 Å². The van der Waals surface area contributed by atoms with Gasteiger partial charge in [0, 0.05) is 22.6 Å². The molecule has 0 spiro atoms. The van der Waals surface area contributed by atoms with Gasteiger partial charge < -0.3 is 15.2 Å². The number of primary amides is 1. The molecule has 0 radical (unpaired) electrons. The van der Waals surface area contributed by atoms with Crippen LogP contribution >= 0.6 is 22.9 Å². The molecule has 29 heavy (non-hydrogen) atoms. The fraction of sp³-hybridized carbons (Fsp3) is 0.150. The summed E-state index contributed by atoms with van der Waals surface area (Å²) in [6.07, 6.45) is 1.56. The summed E-state index contributed by atoms with van der Waals surface area (Å²) in [7, 11) is 0. The van der Waals surface area contributed by atoms with Crippen LogP contribution in [0.5, 0.6) is 11.5 Å². The highest BCUT2D eigenvalue weighted by molar-refractivity contribution is 7.14. The number of ether oxygens (including phenoxy) is 2. The van der Waals surface area contributed by atoms with Crippen LogP contribution in [0.25, 0.3) is 11.3 Å². The van der Waals surface area contributed by atoms with Gasteiger partial charge in [0.1, 0.15) is 0 Å². The highest BCUT2D eigenvalue weighted by Gasteiger charge is 2.11. The van der Waals surface area contributed by atoms with Gasteiger partial charge >= 0.3 is 0 Å². The predicted molar refractivity (Wildman–Crippen MR) is 116 cm³/mol. The first-order valence-electron chi connectivity index (χ1n) is 8.74. The van der Waals surface area contributed by atoms with Crippen LogP contribution in [0.3, 0.4) is 0 Å². The number of nitrogens with zero attached hydrogens (tertiary/aromatic N) is 2. The van der Waals surface area contributed by atoms with Gasteiger partial charge in [0.25, 0.3) is 5.91 Å². The fourth-order valence-electron chi connectivity index (χ4n) is 2.40. The number of thiazole rings is 1. The second kappa shape index (κ2) is 9.90. The van der Waals surface area contributed by atoms with E-state index in [1.807, 2.05) is 42.6 Å². The van der Waals surface area contributed by atoms with E-state index in [0.717, 1.165) is 11.3 Å². The molecule has 7 nitrogen and oxygen atoms in total. The largest absolute Gasteiger partial charge is 0.490 e. The molecule has 150 valence electrons. The van der Waals surface area contributed by atoms with Crippen molar-refractivity contribution in [2.45, 2.75) is 6.92 Å². The molecule has 1 heterocycles. The summed E-state index contributed by atoms with van der Waals surface area (Å²) in [6, 6.07) is 13.1. The average molecular weight is 431 g/mol. The number of carbonyl (C=O) groups is 1. The minimum absolute atomic E-state index is 0.265. The lowest BCUT2D eigenvalue weighted by molar-refractivity contribution is -0.119. The van der Waals surface area contributed by atoms with Crippen molar-refractivity contribution >= 4 is 40.2 Å². The molecule has 0 saturated carbocycles. The highest BCUT2D eigenvalue weighted by Crippen LogP contribution is 2.33. The molecule has 3 rings (SSSR count). The van der Waals surface area contributed by atoms with Gasteiger partial charge in [-0.3, -0.25) is 10.2 Å². The van der Waals surface area contributed by atoms with Crippen molar-refractivity contribution in [3.63, 3.8) is 0 Å². The lowest BCUT2D eigenvalue weighted by atomic mass is 10.2. The molecule has 0 atom stereocenters. The summed E-state index contributed by atoms with van der Waals surface area (Å²) in [5.74, 6) is 0.199. The first-order valence-corrected chi connectivity index (χ1v) is 10.00. The SMILES string of the molecule is CCOc1cc(C=NNc2nc(-c3ccccc3)cs2)c(Cl)cc1OCC(N)=O. The Kier molecular flexibility index (Phi) is 7.04. The van der Waals surface area contributed by atoms with Gasteiger partial charge in [-0.2, -0.15) is 5.10 Å². The Bertz CT molecular complexity index is 1010. The maximum atomic E-state index is 11.0. The van der Waals surface area contributed by atoms with Crippen molar-refractivity contribution in [3.05, 3.63) is 58.4 Å². The predicted octanol–water partition coefficient (Wildman–Crippen LogP) is 4.17. The summed E-state index contributed by atoms with van der Waals surface area (Å²) in [5.41, 5.74) is 10.6. The van der Waals surface area contributed by atoms with Gasteiger partial charge in [0.15, 0.2) is 18.1 Å². The molecule has 1 aromatic heterocycles. The molecular weight excluding hydrogens is 412 g/mol. The summed E-state index contributed by atoms with van der Waals surface area (Å²) in [5, 5.41) is 7.21. The van der Waals surface area contributed by atoms with Crippen LogP contribution in [0.1, 0.15) is 12.5 Å². The topological polar surface area (TPSA) is 98.8 Å². The Morgan fingerprint density at radius 3 is 2.76 bits per heavy atom. The van der Waals surface area contributed by atoms with Crippen LogP contribution in [-0.4, -0.2) is 30.3 Å². The van der Waals surface area contributed by atoms with E-state index in [0.29, 0.717) is 33.8 Å². The van der Waals surface area contributed by atoms with E-state index in [9.17, 15) is 4.79 Å². The lowest BCUT2D eigenvalue weighted by Gasteiger charge is -2.12. The third-order valence-electron chi connectivity index (χ3n) is 3.67. The molecule has 2 aromatic carbocycles. The third-order valence-corrected chi connectivity index (χ3v) is 4.74. The van der Waals surface area contributed by atoms with Gasteiger partial charge in [-0.05, 0) is 13.0 Å².